The highest BCUT2D eigenvalue weighted by Crippen LogP contribution is 2.30. The zero-order chi connectivity index (χ0) is 22.0. The molecule has 2 N–H and O–H groups in total. The lowest BCUT2D eigenvalue weighted by Crippen LogP contribution is -2.50. The van der Waals surface area contributed by atoms with Gasteiger partial charge in [-0.15, -0.1) is 0 Å². The van der Waals surface area contributed by atoms with Crippen LogP contribution in [0.5, 0.6) is 0 Å². The molecule has 4 rings (SSSR count). The first kappa shape index (κ1) is 21.2. The molecule has 0 radical (unpaired) electrons. The van der Waals surface area contributed by atoms with Gasteiger partial charge in [0.2, 0.25) is 0 Å². The minimum Gasteiger partial charge on any atom is -0.335 e. The monoisotopic (exact) mass is 440 g/mol. The van der Waals surface area contributed by atoms with Crippen LogP contribution >= 0.6 is 11.6 Å². The predicted octanol–water partition coefficient (Wildman–Crippen LogP) is 4.31. The van der Waals surface area contributed by atoms with Crippen molar-refractivity contribution in [2.75, 3.05) is 29.9 Å². The standard InChI is InChI=1S/C23H25ClN4O3/c1-15(29)16-2-5-19(6-3-16)25-22(30)27-11-9-20(10-12-27)26-23(31)28-13-8-17-14-18(24)4-7-21(17)28/h2-7,14,20H,8-13H2,1H3,(H,25,30)(H,26,31). The van der Waals surface area contributed by atoms with Crippen molar-refractivity contribution >= 4 is 40.8 Å². The number of halogens is 1. The Morgan fingerprint density at radius 2 is 1.68 bits per heavy atom. The molecule has 0 aromatic heterocycles. The zero-order valence-electron chi connectivity index (χ0n) is 17.4. The van der Waals surface area contributed by atoms with Gasteiger partial charge in [-0.25, -0.2) is 9.59 Å². The van der Waals surface area contributed by atoms with Gasteiger partial charge in [0, 0.05) is 47.6 Å². The van der Waals surface area contributed by atoms with Gasteiger partial charge < -0.3 is 15.5 Å². The largest absolute Gasteiger partial charge is 0.335 e. The quantitative estimate of drug-likeness (QED) is 0.697. The number of hydrogen-bond acceptors (Lipinski definition) is 3. The molecule has 0 aliphatic carbocycles. The van der Waals surface area contributed by atoms with Gasteiger partial charge in [0.15, 0.2) is 5.78 Å². The Morgan fingerprint density at radius 1 is 0.968 bits per heavy atom. The fourth-order valence-corrected chi connectivity index (χ4v) is 4.25. The van der Waals surface area contributed by atoms with Gasteiger partial charge in [-0.3, -0.25) is 9.69 Å². The summed E-state index contributed by atoms with van der Waals surface area (Å²) in [4.78, 5) is 40.2. The molecule has 2 aliphatic heterocycles. The molecular weight excluding hydrogens is 416 g/mol. The Kier molecular flexibility index (Phi) is 6.13. The van der Waals surface area contributed by atoms with Crippen molar-refractivity contribution in [2.24, 2.45) is 0 Å². The molecule has 2 aromatic rings. The third kappa shape index (κ3) is 4.82. The first-order valence-electron chi connectivity index (χ1n) is 10.4. The van der Waals surface area contributed by atoms with Gasteiger partial charge in [-0.05, 0) is 74.2 Å². The summed E-state index contributed by atoms with van der Waals surface area (Å²) in [6, 6.07) is 12.2. The van der Waals surface area contributed by atoms with Gasteiger partial charge in [0.05, 0.1) is 0 Å². The number of amides is 4. The minimum absolute atomic E-state index is 0.0109. The number of piperidine rings is 1. The van der Waals surface area contributed by atoms with E-state index in [2.05, 4.69) is 10.6 Å². The van der Waals surface area contributed by atoms with Crippen molar-refractivity contribution in [3.8, 4) is 0 Å². The number of rotatable bonds is 3. The molecule has 2 aromatic carbocycles. The van der Waals surface area contributed by atoms with Gasteiger partial charge >= 0.3 is 12.1 Å². The van der Waals surface area contributed by atoms with Crippen molar-refractivity contribution in [3.63, 3.8) is 0 Å². The molecule has 4 amide bonds. The number of carbonyl (C=O) groups is 3. The summed E-state index contributed by atoms with van der Waals surface area (Å²) in [5.41, 5.74) is 3.26. The fraction of sp³-hybridized carbons (Fsp3) is 0.348. The van der Waals surface area contributed by atoms with E-state index in [4.69, 9.17) is 11.6 Å². The molecule has 1 fully saturated rings. The summed E-state index contributed by atoms with van der Waals surface area (Å²) in [5, 5.41) is 6.65. The Morgan fingerprint density at radius 3 is 2.35 bits per heavy atom. The molecule has 7 nitrogen and oxygen atoms in total. The molecule has 0 bridgehead atoms. The summed E-state index contributed by atoms with van der Waals surface area (Å²) in [5.74, 6) is -0.0109. The highest BCUT2D eigenvalue weighted by molar-refractivity contribution is 6.30. The molecule has 1 saturated heterocycles. The Bertz CT molecular complexity index is 1000. The molecule has 2 aliphatic rings. The average Bonchev–Trinajstić information content (AvgIpc) is 3.17. The number of hydrogen-bond donors (Lipinski definition) is 2. The minimum atomic E-state index is -0.175. The molecular formula is C23H25ClN4O3. The van der Waals surface area contributed by atoms with E-state index in [-0.39, 0.29) is 23.9 Å². The first-order chi connectivity index (χ1) is 14.9. The lowest BCUT2D eigenvalue weighted by atomic mass is 10.1. The van der Waals surface area contributed by atoms with Crippen LogP contribution < -0.4 is 15.5 Å². The lowest BCUT2D eigenvalue weighted by Gasteiger charge is -2.33. The number of urea groups is 2. The summed E-state index contributed by atoms with van der Waals surface area (Å²) in [7, 11) is 0. The molecule has 8 heteroatoms. The zero-order valence-corrected chi connectivity index (χ0v) is 18.1. The van der Waals surface area contributed by atoms with Crippen LogP contribution in [0.3, 0.4) is 0 Å². The molecule has 0 atom stereocenters. The maximum atomic E-state index is 12.8. The third-order valence-electron chi connectivity index (χ3n) is 5.83. The van der Waals surface area contributed by atoms with Crippen molar-refractivity contribution in [2.45, 2.75) is 32.2 Å². The van der Waals surface area contributed by atoms with Crippen molar-refractivity contribution in [1.82, 2.24) is 10.2 Å². The number of ketones is 1. The Labute approximate surface area is 186 Å². The number of Topliss-reactive ketones (excluding diaryl/α,β-unsaturated/α-hetero) is 1. The second kappa shape index (κ2) is 8.98. The molecule has 162 valence electrons. The van der Waals surface area contributed by atoms with Gasteiger partial charge in [-0.2, -0.15) is 0 Å². The number of nitrogens with zero attached hydrogens (tertiary/aromatic N) is 2. The second-order valence-corrected chi connectivity index (χ2v) is 8.39. The lowest BCUT2D eigenvalue weighted by molar-refractivity contribution is 0.101. The van der Waals surface area contributed by atoms with E-state index in [9.17, 15) is 14.4 Å². The Balaban J connectivity index is 1.26. The topological polar surface area (TPSA) is 81.8 Å². The molecule has 31 heavy (non-hydrogen) atoms. The maximum Gasteiger partial charge on any atom is 0.322 e. The SMILES string of the molecule is CC(=O)c1ccc(NC(=O)N2CCC(NC(=O)N3CCc4cc(Cl)ccc43)CC2)cc1. The summed E-state index contributed by atoms with van der Waals surface area (Å²) < 4.78 is 0. The molecule has 0 saturated carbocycles. The summed E-state index contributed by atoms with van der Waals surface area (Å²) in [6.45, 7) is 3.28. The number of nitrogens with one attached hydrogen (secondary N) is 2. The van der Waals surface area contributed by atoms with Crippen LogP contribution in [0.25, 0.3) is 0 Å². The fourth-order valence-electron chi connectivity index (χ4n) is 4.05. The van der Waals surface area contributed by atoms with Crippen LogP contribution in [-0.2, 0) is 6.42 Å². The van der Waals surface area contributed by atoms with E-state index < -0.39 is 0 Å². The molecule has 0 unspecified atom stereocenters. The smallest absolute Gasteiger partial charge is 0.322 e. The number of benzene rings is 2. The van der Waals surface area contributed by atoms with Gasteiger partial charge in [0.25, 0.3) is 0 Å². The number of carbonyl (C=O) groups excluding carboxylic acids is 3. The maximum absolute atomic E-state index is 12.8. The van der Waals surface area contributed by atoms with Crippen LogP contribution in [0.2, 0.25) is 5.02 Å². The van der Waals surface area contributed by atoms with Crippen LogP contribution in [0.1, 0.15) is 35.7 Å². The second-order valence-electron chi connectivity index (χ2n) is 7.95. The van der Waals surface area contributed by atoms with E-state index >= 15 is 0 Å². The van der Waals surface area contributed by atoms with Crippen molar-refractivity contribution in [1.29, 1.82) is 0 Å². The highest BCUT2D eigenvalue weighted by Gasteiger charge is 2.29. The van der Waals surface area contributed by atoms with Crippen molar-refractivity contribution in [3.05, 3.63) is 58.6 Å². The van der Waals surface area contributed by atoms with E-state index in [1.165, 1.54) is 6.92 Å². The number of likely N-dealkylation sites (tertiary alicyclic amines) is 1. The molecule has 0 spiro atoms. The van der Waals surface area contributed by atoms with E-state index in [1.807, 2.05) is 12.1 Å². The average molecular weight is 441 g/mol. The van der Waals surface area contributed by atoms with Crippen molar-refractivity contribution < 1.29 is 14.4 Å². The molecule has 2 heterocycles. The highest BCUT2D eigenvalue weighted by atomic mass is 35.5. The summed E-state index contributed by atoms with van der Waals surface area (Å²) >= 11 is 6.05. The Hall–Kier alpha value is -3.06. The first-order valence-corrected chi connectivity index (χ1v) is 10.8. The van der Waals surface area contributed by atoms with Gasteiger partial charge in [-0.1, -0.05) is 11.6 Å². The number of fused-ring (bicyclic) bond motifs is 1. The van der Waals surface area contributed by atoms with Crippen LogP contribution in [0.15, 0.2) is 42.5 Å². The van der Waals surface area contributed by atoms with Crippen LogP contribution in [-0.4, -0.2) is 48.4 Å². The van der Waals surface area contributed by atoms with Crippen LogP contribution in [0, 0.1) is 0 Å². The van der Waals surface area contributed by atoms with Gasteiger partial charge in [0.1, 0.15) is 0 Å². The van der Waals surface area contributed by atoms with E-state index in [0.717, 1.165) is 17.7 Å². The normalized spacial score (nSPS) is 16.1. The summed E-state index contributed by atoms with van der Waals surface area (Å²) in [6.07, 6.45) is 2.20. The van der Waals surface area contributed by atoms with E-state index in [1.54, 1.807) is 40.1 Å². The predicted molar refractivity (Wildman–Crippen MR) is 121 cm³/mol. The number of anilines is 2. The van der Waals surface area contributed by atoms with E-state index in [0.29, 0.717) is 48.7 Å². The van der Waals surface area contributed by atoms with Crippen LogP contribution in [0.4, 0.5) is 21.0 Å². The third-order valence-corrected chi connectivity index (χ3v) is 6.07.